The van der Waals surface area contributed by atoms with Crippen molar-refractivity contribution in [3.8, 4) is 23.1 Å². The molecule has 2 saturated heterocycles. The van der Waals surface area contributed by atoms with Crippen LogP contribution in [0.3, 0.4) is 0 Å². The number of nitrogens with one attached hydrogen (secondary N) is 2. The molecule has 9 heteroatoms. The number of halogens is 1. The maximum Gasteiger partial charge on any atom is 0.230 e. The van der Waals surface area contributed by atoms with Gasteiger partial charge in [0.25, 0.3) is 0 Å². The van der Waals surface area contributed by atoms with Crippen LogP contribution >= 0.6 is 0 Å². The molecule has 2 aromatic heterocycles. The number of imidazole rings is 2. The Hall–Kier alpha value is -5.23. The Labute approximate surface area is 304 Å². The number of carbonyl (C=O) groups excluding carboxylic acids is 2. The summed E-state index contributed by atoms with van der Waals surface area (Å²) >= 11 is 0. The molecule has 3 aromatic carbocycles. The van der Waals surface area contributed by atoms with E-state index in [1.54, 1.807) is 12.1 Å². The number of hydrogen-bond acceptors (Lipinski definition) is 4. The Kier molecular flexibility index (Phi) is 8.73. The summed E-state index contributed by atoms with van der Waals surface area (Å²) in [5, 5.41) is 0. The van der Waals surface area contributed by atoms with E-state index in [0.717, 1.165) is 70.9 Å². The van der Waals surface area contributed by atoms with Crippen LogP contribution in [0.2, 0.25) is 0 Å². The lowest BCUT2D eigenvalue weighted by molar-refractivity contribution is -0.137. The van der Waals surface area contributed by atoms with Gasteiger partial charge in [0.2, 0.25) is 11.8 Å². The summed E-state index contributed by atoms with van der Waals surface area (Å²) in [5.74, 6) is 7.96. The minimum Gasteiger partial charge on any atom is -0.340 e. The highest BCUT2D eigenvalue weighted by atomic mass is 19.1. The first-order chi connectivity index (χ1) is 25.1. The molecule has 0 radical (unpaired) electrons. The molecule has 52 heavy (non-hydrogen) atoms. The van der Waals surface area contributed by atoms with E-state index in [4.69, 9.17) is 4.98 Å². The fourth-order valence-corrected chi connectivity index (χ4v) is 7.90. The Morgan fingerprint density at radius 3 is 2.40 bits per heavy atom. The van der Waals surface area contributed by atoms with Gasteiger partial charge in [0.15, 0.2) is 0 Å². The van der Waals surface area contributed by atoms with Crippen LogP contribution in [0.1, 0.15) is 106 Å². The van der Waals surface area contributed by atoms with Gasteiger partial charge in [-0.2, -0.15) is 0 Å². The molecule has 1 spiro atoms. The number of aromatic amines is 2. The number of aromatic nitrogens is 4. The van der Waals surface area contributed by atoms with Gasteiger partial charge in [0.05, 0.1) is 40.9 Å². The van der Waals surface area contributed by atoms with Gasteiger partial charge in [-0.15, -0.1) is 0 Å². The first kappa shape index (κ1) is 33.9. The summed E-state index contributed by atoms with van der Waals surface area (Å²) in [6.45, 7) is 9.59. The summed E-state index contributed by atoms with van der Waals surface area (Å²) in [6, 6.07) is 20.2. The van der Waals surface area contributed by atoms with Crippen LogP contribution in [-0.4, -0.2) is 54.6 Å². The third-order valence-corrected chi connectivity index (χ3v) is 11.7. The number of carbonyl (C=O) groups is 2. The molecule has 3 fully saturated rings. The zero-order valence-corrected chi connectivity index (χ0v) is 30.2. The number of benzene rings is 3. The molecule has 1 aliphatic carbocycles. The van der Waals surface area contributed by atoms with Gasteiger partial charge in [0, 0.05) is 30.1 Å². The number of H-pyrrole nitrogens is 2. The van der Waals surface area contributed by atoms with E-state index in [9.17, 15) is 14.0 Å². The highest BCUT2D eigenvalue weighted by molar-refractivity contribution is 5.84. The number of likely N-dealkylation sites (tertiary alicyclic amines) is 2. The fourth-order valence-electron chi connectivity index (χ4n) is 7.90. The molecule has 3 aliphatic rings. The SMILES string of the molecule is CC(C)[C@H](C)C(=O)N1CC2(CC2)C[C@H]1c1nc2ccc(C#Cc3ccc(-c4cnc([C@@H]5CCCN5C(=O)[C@H](C)c5cccc(F)c5)[nH]4)cc3)cc2[nH]1. The maximum absolute atomic E-state index is 13.8. The van der Waals surface area contributed by atoms with Gasteiger partial charge in [0.1, 0.15) is 17.5 Å². The van der Waals surface area contributed by atoms with E-state index in [0.29, 0.717) is 18.0 Å². The average Bonchev–Trinajstić information content (AvgIpc) is 3.64. The number of nitrogens with zero attached hydrogens (tertiary/aromatic N) is 4. The van der Waals surface area contributed by atoms with E-state index in [1.807, 2.05) is 67.4 Å². The molecular weight excluding hydrogens is 652 g/mol. The second-order valence-corrected chi connectivity index (χ2v) is 15.5. The molecule has 5 aromatic rings. The Morgan fingerprint density at radius 2 is 1.65 bits per heavy atom. The molecule has 2 N–H and O–H groups in total. The Balaban J connectivity index is 0.946. The van der Waals surface area contributed by atoms with Crippen molar-refractivity contribution in [3.63, 3.8) is 0 Å². The first-order valence-corrected chi connectivity index (χ1v) is 18.6. The number of hydrogen-bond donors (Lipinski definition) is 2. The zero-order chi connectivity index (χ0) is 36.1. The van der Waals surface area contributed by atoms with Gasteiger partial charge in [-0.05, 0) is 104 Å². The second-order valence-electron chi connectivity index (χ2n) is 15.5. The van der Waals surface area contributed by atoms with Crippen molar-refractivity contribution in [1.82, 2.24) is 29.7 Å². The summed E-state index contributed by atoms with van der Waals surface area (Å²) in [4.78, 5) is 47.5. The van der Waals surface area contributed by atoms with Crippen molar-refractivity contribution in [2.24, 2.45) is 17.3 Å². The lowest BCUT2D eigenvalue weighted by Gasteiger charge is -2.28. The molecule has 2 amide bonds. The Bertz CT molecular complexity index is 2200. The third-order valence-electron chi connectivity index (χ3n) is 11.7. The zero-order valence-electron chi connectivity index (χ0n) is 30.2. The van der Waals surface area contributed by atoms with Crippen LogP contribution < -0.4 is 0 Å². The molecule has 8 rings (SSSR count). The van der Waals surface area contributed by atoms with Crippen molar-refractivity contribution in [2.75, 3.05) is 13.1 Å². The predicted octanol–water partition coefficient (Wildman–Crippen LogP) is 8.30. The lowest BCUT2D eigenvalue weighted by atomic mass is 9.96. The van der Waals surface area contributed by atoms with Gasteiger partial charge in [-0.25, -0.2) is 14.4 Å². The van der Waals surface area contributed by atoms with Gasteiger partial charge in [-0.3, -0.25) is 9.59 Å². The second kappa shape index (κ2) is 13.4. The fraction of sp³-hybridized carbons (Fsp3) is 0.395. The molecule has 4 atom stereocenters. The summed E-state index contributed by atoms with van der Waals surface area (Å²) in [5.41, 5.74) is 6.40. The van der Waals surface area contributed by atoms with Crippen LogP contribution in [0.15, 0.2) is 72.9 Å². The first-order valence-electron chi connectivity index (χ1n) is 18.6. The van der Waals surface area contributed by atoms with Crippen molar-refractivity contribution >= 4 is 22.8 Å². The van der Waals surface area contributed by atoms with E-state index in [1.165, 1.54) is 25.0 Å². The number of fused-ring (bicyclic) bond motifs is 1. The molecule has 2 aliphatic heterocycles. The number of amides is 2. The normalized spacial score (nSPS) is 20.3. The molecule has 8 nitrogen and oxygen atoms in total. The third kappa shape index (κ3) is 6.51. The van der Waals surface area contributed by atoms with Gasteiger partial charge in [-0.1, -0.05) is 56.9 Å². The van der Waals surface area contributed by atoms with E-state index >= 15 is 0 Å². The van der Waals surface area contributed by atoms with Crippen molar-refractivity contribution < 1.29 is 14.0 Å². The number of rotatable bonds is 7. The topological polar surface area (TPSA) is 98.0 Å². The van der Waals surface area contributed by atoms with E-state index in [-0.39, 0.29) is 41.0 Å². The van der Waals surface area contributed by atoms with E-state index in [2.05, 4.69) is 45.5 Å². The lowest BCUT2D eigenvalue weighted by Crippen LogP contribution is -2.37. The van der Waals surface area contributed by atoms with Crippen LogP contribution in [0.5, 0.6) is 0 Å². The summed E-state index contributed by atoms with van der Waals surface area (Å²) in [7, 11) is 0. The largest absolute Gasteiger partial charge is 0.340 e. The van der Waals surface area contributed by atoms with Gasteiger partial charge >= 0.3 is 0 Å². The highest BCUT2D eigenvalue weighted by Gasteiger charge is 2.54. The highest BCUT2D eigenvalue weighted by Crippen LogP contribution is 2.58. The molecule has 0 bridgehead atoms. The van der Waals surface area contributed by atoms with Gasteiger partial charge < -0.3 is 19.8 Å². The predicted molar refractivity (Wildman–Crippen MR) is 199 cm³/mol. The quantitative estimate of drug-likeness (QED) is 0.167. The van der Waals surface area contributed by atoms with Crippen LogP contribution in [0.25, 0.3) is 22.3 Å². The minimum absolute atomic E-state index is 0.0159. The van der Waals surface area contributed by atoms with Crippen molar-refractivity contribution in [1.29, 1.82) is 0 Å². The summed E-state index contributed by atoms with van der Waals surface area (Å²) in [6.07, 6.45) is 6.88. The Morgan fingerprint density at radius 1 is 0.885 bits per heavy atom. The minimum atomic E-state index is -0.439. The smallest absolute Gasteiger partial charge is 0.230 e. The molecule has 0 unspecified atom stereocenters. The molecule has 1 saturated carbocycles. The van der Waals surface area contributed by atoms with Crippen LogP contribution in [0, 0.1) is 34.9 Å². The maximum atomic E-state index is 13.8. The molecular formula is C43H45FN6O2. The monoisotopic (exact) mass is 696 g/mol. The summed E-state index contributed by atoms with van der Waals surface area (Å²) < 4.78 is 13.8. The van der Waals surface area contributed by atoms with Crippen LogP contribution in [0.4, 0.5) is 4.39 Å². The molecule has 266 valence electrons. The van der Waals surface area contributed by atoms with Crippen molar-refractivity contribution in [3.05, 3.63) is 107 Å². The molecule has 4 heterocycles. The van der Waals surface area contributed by atoms with Crippen molar-refractivity contribution in [2.45, 2.75) is 77.8 Å². The standard InChI is InChI=1S/C43H45FN6O2/c1-26(2)27(3)41(51)50-25-43(18-19-43)23-38(50)40-46-34-17-14-30(21-35(34)47-40)11-10-29-12-15-31(16-13-29)36-24-45-39(48-36)37-9-6-20-49(37)42(52)28(4)32-7-5-8-33(44)22-32/h5,7-8,12-17,21-22,24,26-28,37-38H,6,9,18-20,23,25H2,1-4H3,(H,45,48)(H,46,47)/t27-,28+,37-,38-/m0/s1. The van der Waals surface area contributed by atoms with E-state index < -0.39 is 5.92 Å². The van der Waals surface area contributed by atoms with Crippen LogP contribution in [-0.2, 0) is 9.59 Å². The average molecular weight is 697 g/mol.